The molecule has 0 amide bonds. The molecule has 0 spiro atoms. The van der Waals surface area contributed by atoms with Crippen LogP contribution < -0.4 is 0 Å². The number of hydrogen-bond donors (Lipinski definition) is 0. The van der Waals surface area contributed by atoms with E-state index >= 15 is 0 Å². The van der Waals surface area contributed by atoms with Crippen molar-refractivity contribution in [1.82, 2.24) is 0 Å². The second-order valence-electron chi connectivity index (χ2n) is 2.54. The van der Waals surface area contributed by atoms with Crippen molar-refractivity contribution in [3.8, 4) is 0 Å². The lowest BCUT2D eigenvalue weighted by Crippen LogP contribution is -2.23. The Bertz CT molecular complexity index is 274. The molecule has 1 aliphatic heterocycles. The van der Waals surface area contributed by atoms with Gasteiger partial charge in [-0.1, -0.05) is 5.16 Å². The van der Waals surface area contributed by atoms with E-state index in [1.807, 2.05) is 6.92 Å². The van der Waals surface area contributed by atoms with Crippen LogP contribution >= 0.6 is 0 Å². The fraction of sp³-hybridized carbons (Fsp3) is 0.556. The van der Waals surface area contributed by atoms with Gasteiger partial charge in [-0.2, -0.15) is 4.89 Å². The van der Waals surface area contributed by atoms with Gasteiger partial charge in [-0.05, 0) is 26.0 Å². The molecule has 15 heavy (non-hydrogen) atoms. The van der Waals surface area contributed by atoms with Crippen molar-refractivity contribution in [3.05, 3.63) is 12.2 Å². The van der Waals surface area contributed by atoms with Crippen LogP contribution in [0.2, 0.25) is 0 Å². The minimum absolute atomic E-state index is 0.0411. The van der Waals surface area contributed by atoms with Gasteiger partial charge in [0.25, 0.3) is 0 Å². The van der Waals surface area contributed by atoms with Gasteiger partial charge in [0, 0.05) is 6.61 Å². The number of carbonyl (C=O) groups is 1. The maximum Gasteiger partial charge on any atom is 0.394 e. The van der Waals surface area contributed by atoms with Gasteiger partial charge in [-0.25, -0.2) is 4.79 Å². The normalized spacial score (nSPS) is 19.3. The molecule has 1 rings (SSSR count). The Labute approximate surface area is 87.4 Å². The first-order valence-electron chi connectivity index (χ1n) is 4.65. The van der Waals surface area contributed by atoms with Crippen LogP contribution in [0.4, 0.5) is 0 Å². The molecule has 0 aromatic carbocycles. The molecule has 0 bridgehead atoms. The first-order chi connectivity index (χ1) is 7.27. The SMILES string of the molecule is CCOOC(=O)C1=NOC(OCC)C=C1. The maximum absolute atomic E-state index is 11.2. The number of carbonyl (C=O) groups excluding carboxylic acids is 1. The van der Waals surface area contributed by atoms with Gasteiger partial charge < -0.3 is 9.57 Å². The fourth-order valence-corrected chi connectivity index (χ4v) is 0.855. The predicted octanol–water partition coefficient (Wildman–Crippen LogP) is 0.786. The van der Waals surface area contributed by atoms with Crippen molar-refractivity contribution in [2.24, 2.45) is 5.16 Å². The summed E-state index contributed by atoms with van der Waals surface area (Å²) in [6.45, 7) is 4.32. The zero-order valence-electron chi connectivity index (χ0n) is 8.63. The summed E-state index contributed by atoms with van der Waals surface area (Å²) < 4.78 is 5.09. The lowest BCUT2D eigenvalue weighted by Gasteiger charge is -2.14. The molecular weight excluding hydrogens is 202 g/mol. The minimum Gasteiger partial charge on any atom is -0.358 e. The lowest BCUT2D eigenvalue weighted by atomic mass is 10.3. The molecule has 0 saturated heterocycles. The molecule has 1 atom stereocenters. The zero-order chi connectivity index (χ0) is 11.1. The van der Waals surface area contributed by atoms with E-state index in [4.69, 9.17) is 9.57 Å². The Hall–Kier alpha value is -1.40. The van der Waals surface area contributed by atoms with E-state index in [1.165, 1.54) is 6.08 Å². The van der Waals surface area contributed by atoms with Crippen LogP contribution in [0.25, 0.3) is 0 Å². The first kappa shape index (κ1) is 11.7. The molecule has 0 aromatic rings. The van der Waals surface area contributed by atoms with Crippen LogP contribution in [-0.4, -0.2) is 31.2 Å². The smallest absolute Gasteiger partial charge is 0.358 e. The van der Waals surface area contributed by atoms with Gasteiger partial charge in [0.05, 0.1) is 6.61 Å². The third-order valence-electron chi connectivity index (χ3n) is 1.46. The molecule has 1 unspecified atom stereocenters. The predicted molar refractivity (Wildman–Crippen MR) is 50.8 cm³/mol. The van der Waals surface area contributed by atoms with Crippen molar-refractivity contribution >= 4 is 11.7 Å². The summed E-state index contributed by atoms with van der Waals surface area (Å²) in [6, 6.07) is 0. The second kappa shape index (κ2) is 6.15. The van der Waals surface area contributed by atoms with Crippen LogP contribution in [0.15, 0.2) is 17.3 Å². The average molecular weight is 215 g/mol. The van der Waals surface area contributed by atoms with Crippen molar-refractivity contribution in [2.75, 3.05) is 13.2 Å². The molecule has 0 aromatic heterocycles. The first-order valence-corrected chi connectivity index (χ1v) is 4.65. The van der Waals surface area contributed by atoms with E-state index in [0.717, 1.165) is 0 Å². The Kier molecular flexibility index (Phi) is 4.79. The molecule has 6 nitrogen and oxygen atoms in total. The standard InChI is InChI=1S/C9H13NO5/c1-3-12-8-6-5-7(10-14-8)9(11)15-13-4-2/h5-6,8H,3-4H2,1-2H3. The third-order valence-corrected chi connectivity index (χ3v) is 1.46. The summed E-state index contributed by atoms with van der Waals surface area (Å²) in [5, 5.41) is 3.53. The van der Waals surface area contributed by atoms with Crippen molar-refractivity contribution in [1.29, 1.82) is 0 Å². The lowest BCUT2D eigenvalue weighted by molar-refractivity contribution is -0.262. The van der Waals surface area contributed by atoms with E-state index < -0.39 is 12.3 Å². The van der Waals surface area contributed by atoms with Crippen molar-refractivity contribution in [2.45, 2.75) is 20.1 Å². The Morgan fingerprint density at radius 1 is 1.53 bits per heavy atom. The highest BCUT2D eigenvalue weighted by Crippen LogP contribution is 2.05. The van der Waals surface area contributed by atoms with Crippen LogP contribution in [0.1, 0.15) is 13.8 Å². The van der Waals surface area contributed by atoms with E-state index in [9.17, 15) is 4.79 Å². The average Bonchev–Trinajstić information content (AvgIpc) is 2.27. The van der Waals surface area contributed by atoms with E-state index in [0.29, 0.717) is 6.61 Å². The number of oxime groups is 1. The molecular formula is C9H13NO5. The Morgan fingerprint density at radius 3 is 2.87 bits per heavy atom. The van der Waals surface area contributed by atoms with E-state index in [1.54, 1.807) is 13.0 Å². The zero-order valence-corrected chi connectivity index (χ0v) is 8.63. The molecule has 1 heterocycles. The quantitative estimate of drug-likeness (QED) is 0.501. The third kappa shape index (κ3) is 3.69. The topological polar surface area (TPSA) is 66.4 Å². The van der Waals surface area contributed by atoms with Gasteiger partial charge >= 0.3 is 5.97 Å². The highest BCUT2D eigenvalue weighted by Gasteiger charge is 2.18. The summed E-state index contributed by atoms with van der Waals surface area (Å²) in [7, 11) is 0. The van der Waals surface area contributed by atoms with Crippen molar-refractivity contribution < 1.29 is 24.1 Å². The van der Waals surface area contributed by atoms with Crippen LogP contribution in [0.3, 0.4) is 0 Å². The van der Waals surface area contributed by atoms with E-state index in [-0.39, 0.29) is 12.3 Å². The largest absolute Gasteiger partial charge is 0.394 e. The van der Waals surface area contributed by atoms with Crippen LogP contribution in [-0.2, 0) is 24.1 Å². The summed E-state index contributed by atoms with van der Waals surface area (Å²) in [4.78, 5) is 24.9. The van der Waals surface area contributed by atoms with Gasteiger partial charge in [0.2, 0.25) is 6.29 Å². The van der Waals surface area contributed by atoms with Gasteiger partial charge in [-0.3, -0.25) is 4.89 Å². The fourth-order valence-electron chi connectivity index (χ4n) is 0.855. The summed E-state index contributed by atoms with van der Waals surface area (Å²) >= 11 is 0. The maximum atomic E-state index is 11.2. The van der Waals surface area contributed by atoms with Gasteiger partial charge in [0.1, 0.15) is 0 Å². The molecule has 6 heteroatoms. The Morgan fingerprint density at radius 2 is 2.33 bits per heavy atom. The van der Waals surface area contributed by atoms with Crippen LogP contribution in [0, 0.1) is 0 Å². The number of nitrogens with zero attached hydrogens (tertiary/aromatic N) is 1. The number of hydrogen-bond acceptors (Lipinski definition) is 6. The Balaban J connectivity index is 2.40. The molecule has 0 aliphatic carbocycles. The molecule has 0 N–H and O–H groups in total. The van der Waals surface area contributed by atoms with Crippen molar-refractivity contribution in [3.63, 3.8) is 0 Å². The summed E-state index contributed by atoms with van der Waals surface area (Å²) in [6.07, 6.45) is 2.49. The summed E-state index contributed by atoms with van der Waals surface area (Å²) in [5.41, 5.74) is 0.0411. The molecule has 0 fully saturated rings. The molecule has 84 valence electrons. The number of rotatable bonds is 5. The molecule has 0 saturated carbocycles. The summed E-state index contributed by atoms with van der Waals surface area (Å²) in [5.74, 6) is -0.692. The highest BCUT2D eigenvalue weighted by atomic mass is 17.2. The van der Waals surface area contributed by atoms with Crippen LogP contribution in [0.5, 0.6) is 0 Å². The number of ether oxygens (including phenoxy) is 1. The van der Waals surface area contributed by atoms with E-state index in [2.05, 4.69) is 14.9 Å². The molecule has 0 radical (unpaired) electrons. The van der Waals surface area contributed by atoms with Gasteiger partial charge in [-0.15, -0.1) is 0 Å². The minimum atomic E-state index is -0.692. The second-order valence-corrected chi connectivity index (χ2v) is 2.54. The monoisotopic (exact) mass is 215 g/mol. The highest BCUT2D eigenvalue weighted by molar-refractivity contribution is 6.40. The molecule has 1 aliphatic rings. The van der Waals surface area contributed by atoms with Gasteiger partial charge in [0.15, 0.2) is 5.71 Å².